The molecule has 9 heteroatoms. The summed E-state index contributed by atoms with van der Waals surface area (Å²) in [6, 6.07) is 15.3. The van der Waals surface area contributed by atoms with Crippen molar-refractivity contribution in [1.82, 2.24) is 24.6 Å². The van der Waals surface area contributed by atoms with Crippen LogP contribution in [0.1, 0.15) is 19.3 Å². The molecule has 182 valence electrons. The van der Waals surface area contributed by atoms with Crippen LogP contribution in [-0.4, -0.2) is 63.7 Å². The third kappa shape index (κ3) is 4.99. The number of aromatic nitrogens is 3. The van der Waals surface area contributed by atoms with Crippen molar-refractivity contribution in [2.45, 2.75) is 25.8 Å². The molecule has 1 aliphatic carbocycles. The summed E-state index contributed by atoms with van der Waals surface area (Å²) in [6.07, 6.45) is 2.92. The Labute approximate surface area is 203 Å². The van der Waals surface area contributed by atoms with E-state index in [4.69, 9.17) is 0 Å². The maximum absolute atomic E-state index is 12.5. The van der Waals surface area contributed by atoms with Crippen molar-refractivity contribution in [1.29, 1.82) is 0 Å². The smallest absolute Gasteiger partial charge is 0.342 e. The predicted molar refractivity (Wildman–Crippen MR) is 134 cm³/mol. The van der Waals surface area contributed by atoms with Crippen LogP contribution in [0.2, 0.25) is 0 Å². The van der Waals surface area contributed by atoms with Gasteiger partial charge >= 0.3 is 11.7 Å². The Bertz CT molecular complexity index is 1290. The second-order valence-corrected chi connectivity index (χ2v) is 9.66. The van der Waals surface area contributed by atoms with E-state index >= 15 is 0 Å². The third-order valence-corrected chi connectivity index (χ3v) is 6.72. The van der Waals surface area contributed by atoms with E-state index in [0.717, 1.165) is 48.2 Å². The van der Waals surface area contributed by atoms with Gasteiger partial charge in [-0.05, 0) is 48.4 Å². The van der Waals surface area contributed by atoms with Gasteiger partial charge in [0.2, 0.25) is 5.91 Å². The minimum Gasteiger partial charge on any atom is -0.342 e. The lowest BCUT2D eigenvalue weighted by Crippen LogP contribution is -2.31. The van der Waals surface area contributed by atoms with E-state index < -0.39 is 0 Å². The summed E-state index contributed by atoms with van der Waals surface area (Å²) in [5, 5.41) is 9.73. The van der Waals surface area contributed by atoms with E-state index in [1.807, 2.05) is 53.4 Å². The highest BCUT2D eigenvalue weighted by Gasteiger charge is 2.36. The first-order valence-corrected chi connectivity index (χ1v) is 12.0. The number of carbonyl (C=O) groups is 2. The number of H-pyrrole nitrogens is 1. The second kappa shape index (κ2) is 9.40. The SMILES string of the molecule is CN(C)C(=O)Nc1cccc(-c2ccc(-c3n[nH]c(=O)n3CC3CCN(C(=O)C4CC4)C3)cc2)c1. The van der Waals surface area contributed by atoms with Crippen molar-refractivity contribution in [2.75, 3.05) is 32.5 Å². The molecular formula is C26H30N6O3. The molecule has 0 spiro atoms. The molecule has 3 amide bonds. The Morgan fingerprint density at radius 3 is 2.51 bits per heavy atom. The Hall–Kier alpha value is -3.88. The molecule has 2 N–H and O–H groups in total. The van der Waals surface area contributed by atoms with Crippen molar-refractivity contribution < 1.29 is 9.59 Å². The summed E-state index contributed by atoms with van der Waals surface area (Å²) in [7, 11) is 3.39. The number of amides is 3. The van der Waals surface area contributed by atoms with Gasteiger partial charge in [-0.1, -0.05) is 36.4 Å². The maximum atomic E-state index is 12.5. The van der Waals surface area contributed by atoms with Gasteiger partial charge in [0.1, 0.15) is 0 Å². The molecule has 0 radical (unpaired) electrons. The van der Waals surface area contributed by atoms with Crippen LogP contribution in [0.5, 0.6) is 0 Å². The molecule has 2 aliphatic rings. The first kappa shape index (κ1) is 22.9. The highest BCUT2D eigenvalue weighted by Crippen LogP contribution is 2.33. The lowest BCUT2D eigenvalue weighted by molar-refractivity contribution is -0.131. The fourth-order valence-corrected chi connectivity index (χ4v) is 4.56. The van der Waals surface area contributed by atoms with Crippen LogP contribution in [0.3, 0.4) is 0 Å². The van der Waals surface area contributed by atoms with Crippen LogP contribution in [-0.2, 0) is 11.3 Å². The minimum absolute atomic E-state index is 0.184. The number of aromatic amines is 1. The predicted octanol–water partition coefficient (Wildman–Crippen LogP) is 3.26. The normalized spacial score (nSPS) is 17.4. The van der Waals surface area contributed by atoms with Gasteiger partial charge in [-0.25, -0.2) is 14.7 Å². The van der Waals surface area contributed by atoms with Gasteiger partial charge in [0.15, 0.2) is 5.82 Å². The number of nitrogens with one attached hydrogen (secondary N) is 2. The summed E-state index contributed by atoms with van der Waals surface area (Å²) in [5.41, 5.74) is 3.29. The quantitative estimate of drug-likeness (QED) is 0.572. The maximum Gasteiger partial charge on any atom is 0.343 e. The summed E-state index contributed by atoms with van der Waals surface area (Å²) >= 11 is 0. The monoisotopic (exact) mass is 474 g/mol. The van der Waals surface area contributed by atoms with Crippen LogP contribution in [0, 0.1) is 11.8 Å². The molecule has 5 rings (SSSR count). The summed E-state index contributed by atoms with van der Waals surface area (Å²) < 4.78 is 1.68. The molecule has 2 fully saturated rings. The van der Waals surface area contributed by atoms with E-state index in [-0.39, 0.29) is 29.5 Å². The number of anilines is 1. The molecule has 2 heterocycles. The number of carbonyl (C=O) groups excluding carboxylic acids is 2. The van der Waals surface area contributed by atoms with E-state index in [1.54, 1.807) is 18.7 Å². The van der Waals surface area contributed by atoms with Gasteiger partial charge in [0, 0.05) is 50.9 Å². The van der Waals surface area contributed by atoms with Gasteiger partial charge in [-0.15, -0.1) is 0 Å². The Balaban J connectivity index is 1.30. The zero-order valence-corrected chi connectivity index (χ0v) is 20.0. The van der Waals surface area contributed by atoms with E-state index in [1.165, 1.54) is 4.90 Å². The van der Waals surface area contributed by atoms with E-state index in [0.29, 0.717) is 18.9 Å². The standard InChI is InChI=1S/C26H30N6O3/c1-30(2)25(34)27-22-5-3-4-21(14-22)18-6-8-19(9-7-18)23-28-29-26(35)32(23)16-17-12-13-31(15-17)24(33)20-10-11-20/h3-9,14,17,20H,10-13,15-16H2,1-2H3,(H,27,34)(H,29,35). The minimum atomic E-state index is -0.236. The molecular weight excluding hydrogens is 444 g/mol. The third-order valence-electron chi connectivity index (χ3n) is 6.72. The number of urea groups is 1. The van der Waals surface area contributed by atoms with Crippen molar-refractivity contribution in [3.05, 3.63) is 59.0 Å². The van der Waals surface area contributed by atoms with Gasteiger partial charge in [-0.2, -0.15) is 5.10 Å². The Morgan fingerprint density at radius 1 is 1.06 bits per heavy atom. The zero-order valence-electron chi connectivity index (χ0n) is 20.0. The van der Waals surface area contributed by atoms with Crippen molar-refractivity contribution in [3.8, 4) is 22.5 Å². The Morgan fingerprint density at radius 2 is 1.80 bits per heavy atom. The number of hydrogen-bond donors (Lipinski definition) is 2. The second-order valence-electron chi connectivity index (χ2n) is 9.66. The van der Waals surface area contributed by atoms with Crippen LogP contribution in [0.25, 0.3) is 22.5 Å². The summed E-state index contributed by atoms with van der Waals surface area (Å²) in [6.45, 7) is 2.01. The van der Waals surface area contributed by atoms with Crippen molar-refractivity contribution >= 4 is 17.6 Å². The van der Waals surface area contributed by atoms with Crippen molar-refractivity contribution in [2.24, 2.45) is 11.8 Å². The molecule has 3 aromatic rings. The summed E-state index contributed by atoms with van der Waals surface area (Å²) in [4.78, 5) is 40.3. The first-order valence-electron chi connectivity index (χ1n) is 12.0. The zero-order chi connectivity index (χ0) is 24.5. The fraction of sp³-hybridized carbons (Fsp3) is 0.385. The highest BCUT2D eigenvalue weighted by atomic mass is 16.2. The number of benzene rings is 2. The summed E-state index contributed by atoms with van der Waals surface area (Å²) in [5.74, 6) is 1.34. The van der Waals surface area contributed by atoms with Gasteiger partial charge < -0.3 is 15.1 Å². The number of likely N-dealkylation sites (tertiary alicyclic amines) is 1. The van der Waals surface area contributed by atoms with Crippen LogP contribution in [0.15, 0.2) is 53.3 Å². The number of rotatable bonds is 6. The topological polar surface area (TPSA) is 103 Å². The average Bonchev–Trinajstić information content (AvgIpc) is 3.51. The lowest BCUT2D eigenvalue weighted by Gasteiger charge is -2.16. The van der Waals surface area contributed by atoms with E-state index in [9.17, 15) is 14.4 Å². The Kier molecular flexibility index (Phi) is 6.15. The molecule has 1 aliphatic heterocycles. The van der Waals surface area contributed by atoms with E-state index in [2.05, 4.69) is 15.5 Å². The van der Waals surface area contributed by atoms with Gasteiger partial charge in [-0.3, -0.25) is 9.36 Å². The van der Waals surface area contributed by atoms with Gasteiger partial charge in [0.25, 0.3) is 0 Å². The molecule has 1 atom stereocenters. The highest BCUT2D eigenvalue weighted by molar-refractivity contribution is 5.89. The molecule has 35 heavy (non-hydrogen) atoms. The molecule has 1 aromatic heterocycles. The largest absolute Gasteiger partial charge is 0.343 e. The van der Waals surface area contributed by atoms with Gasteiger partial charge in [0.05, 0.1) is 0 Å². The molecule has 9 nitrogen and oxygen atoms in total. The number of nitrogens with zero attached hydrogens (tertiary/aromatic N) is 4. The molecule has 1 saturated carbocycles. The molecule has 1 saturated heterocycles. The lowest BCUT2D eigenvalue weighted by atomic mass is 10.0. The fourth-order valence-electron chi connectivity index (χ4n) is 4.56. The number of hydrogen-bond acceptors (Lipinski definition) is 4. The molecule has 2 aromatic carbocycles. The average molecular weight is 475 g/mol. The molecule has 1 unspecified atom stereocenters. The first-order chi connectivity index (χ1) is 16.9. The van der Waals surface area contributed by atoms with Crippen LogP contribution >= 0.6 is 0 Å². The van der Waals surface area contributed by atoms with Crippen LogP contribution < -0.4 is 11.0 Å². The van der Waals surface area contributed by atoms with Crippen molar-refractivity contribution in [3.63, 3.8) is 0 Å². The van der Waals surface area contributed by atoms with Crippen LogP contribution in [0.4, 0.5) is 10.5 Å². The molecule has 0 bridgehead atoms.